The summed E-state index contributed by atoms with van der Waals surface area (Å²) in [5, 5.41) is 11.5. The average Bonchev–Trinajstić information content (AvgIpc) is 2.43. The molecule has 1 amide bonds. The first-order valence-corrected chi connectivity index (χ1v) is 5.78. The van der Waals surface area contributed by atoms with Crippen LogP contribution in [-0.4, -0.2) is 5.91 Å². The fourth-order valence-electron chi connectivity index (χ4n) is 1.65. The van der Waals surface area contributed by atoms with Crippen LogP contribution in [0.2, 0.25) is 0 Å². The molecule has 4 heteroatoms. The number of nitrogens with two attached hydrogens (primary N) is 1. The number of carbonyl (C=O) groups excluding carboxylic acids is 1. The van der Waals surface area contributed by atoms with Crippen molar-refractivity contribution in [2.24, 2.45) is 0 Å². The van der Waals surface area contributed by atoms with E-state index in [-0.39, 0.29) is 5.91 Å². The number of hydrogen-bond acceptors (Lipinski definition) is 3. The highest BCUT2D eigenvalue weighted by molar-refractivity contribution is 6.04. The van der Waals surface area contributed by atoms with Gasteiger partial charge in [0.1, 0.15) is 0 Å². The number of amides is 1. The molecule has 19 heavy (non-hydrogen) atoms. The molecule has 0 spiro atoms. The van der Waals surface area contributed by atoms with Gasteiger partial charge < -0.3 is 11.1 Å². The number of rotatable bonds is 2. The van der Waals surface area contributed by atoms with Crippen LogP contribution >= 0.6 is 0 Å². The topological polar surface area (TPSA) is 78.9 Å². The normalized spacial score (nSPS) is 9.68. The second-order valence-electron chi connectivity index (χ2n) is 4.21. The Balaban J connectivity index is 2.16. The summed E-state index contributed by atoms with van der Waals surface area (Å²) >= 11 is 0. The number of aryl methyl sites for hydroxylation is 1. The molecule has 0 radical (unpaired) electrons. The fraction of sp³-hybridized carbons (Fsp3) is 0.0667. The third-order valence-corrected chi connectivity index (χ3v) is 2.80. The van der Waals surface area contributed by atoms with Crippen LogP contribution in [-0.2, 0) is 0 Å². The van der Waals surface area contributed by atoms with Gasteiger partial charge in [0.25, 0.3) is 5.91 Å². The number of nitrogen functional groups attached to an aromatic ring is 1. The average molecular weight is 251 g/mol. The number of hydrogen-bond donors (Lipinski definition) is 2. The Labute approximate surface area is 111 Å². The SMILES string of the molecule is Cc1cc(NC(=O)c2ccc(C#N)cc2)ccc1N. The fourth-order valence-corrected chi connectivity index (χ4v) is 1.65. The minimum atomic E-state index is -0.214. The van der Waals surface area contributed by atoms with Crippen LogP contribution in [0.25, 0.3) is 0 Å². The molecule has 0 aromatic heterocycles. The molecular weight excluding hydrogens is 238 g/mol. The number of nitrogens with one attached hydrogen (secondary N) is 1. The van der Waals surface area contributed by atoms with Crippen LogP contribution < -0.4 is 11.1 Å². The summed E-state index contributed by atoms with van der Waals surface area (Å²) in [6.07, 6.45) is 0. The van der Waals surface area contributed by atoms with Crippen LogP contribution in [0.5, 0.6) is 0 Å². The van der Waals surface area contributed by atoms with Gasteiger partial charge in [-0.3, -0.25) is 4.79 Å². The molecule has 3 N–H and O–H groups in total. The molecule has 0 unspecified atom stereocenters. The van der Waals surface area contributed by atoms with Gasteiger partial charge in [0.15, 0.2) is 0 Å². The van der Waals surface area contributed by atoms with Crippen LogP contribution in [0.4, 0.5) is 11.4 Å². The zero-order valence-corrected chi connectivity index (χ0v) is 10.5. The second-order valence-corrected chi connectivity index (χ2v) is 4.21. The quantitative estimate of drug-likeness (QED) is 0.805. The van der Waals surface area contributed by atoms with Gasteiger partial charge >= 0.3 is 0 Å². The molecule has 94 valence electrons. The molecule has 0 aliphatic carbocycles. The molecular formula is C15H13N3O. The Hall–Kier alpha value is -2.80. The second kappa shape index (κ2) is 5.23. The molecule has 0 bridgehead atoms. The van der Waals surface area contributed by atoms with E-state index >= 15 is 0 Å². The van der Waals surface area contributed by atoms with Crippen molar-refractivity contribution in [3.05, 3.63) is 59.2 Å². The van der Waals surface area contributed by atoms with Crippen LogP contribution in [0.3, 0.4) is 0 Å². The summed E-state index contributed by atoms with van der Waals surface area (Å²) in [7, 11) is 0. The molecule has 0 heterocycles. The van der Waals surface area contributed by atoms with E-state index in [4.69, 9.17) is 11.0 Å². The lowest BCUT2D eigenvalue weighted by Gasteiger charge is -2.07. The van der Waals surface area contributed by atoms with E-state index < -0.39 is 0 Å². The van der Waals surface area contributed by atoms with Crippen LogP contribution in [0.1, 0.15) is 21.5 Å². The van der Waals surface area contributed by atoms with E-state index in [0.29, 0.717) is 22.5 Å². The summed E-state index contributed by atoms with van der Waals surface area (Å²) in [4.78, 5) is 12.0. The molecule has 0 aliphatic heterocycles. The first kappa shape index (κ1) is 12.7. The maximum atomic E-state index is 12.0. The Bertz CT molecular complexity index is 654. The number of nitrogens with zero attached hydrogens (tertiary/aromatic N) is 1. The Morgan fingerprint density at radius 1 is 1.21 bits per heavy atom. The Morgan fingerprint density at radius 3 is 2.47 bits per heavy atom. The van der Waals surface area contributed by atoms with E-state index in [0.717, 1.165) is 5.56 Å². The maximum absolute atomic E-state index is 12.0. The first-order valence-electron chi connectivity index (χ1n) is 5.78. The molecule has 0 aliphatic rings. The highest BCUT2D eigenvalue weighted by Gasteiger charge is 2.06. The van der Waals surface area contributed by atoms with Gasteiger partial charge in [0.2, 0.25) is 0 Å². The van der Waals surface area contributed by atoms with E-state index in [1.807, 2.05) is 19.1 Å². The maximum Gasteiger partial charge on any atom is 0.255 e. The predicted octanol–water partition coefficient (Wildman–Crippen LogP) is 2.70. The van der Waals surface area contributed by atoms with Gasteiger partial charge in [-0.1, -0.05) is 0 Å². The third kappa shape index (κ3) is 2.90. The highest BCUT2D eigenvalue weighted by Crippen LogP contribution is 2.17. The summed E-state index contributed by atoms with van der Waals surface area (Å²) in [6, 6.07) is 13.8. The molecule has 0 fully saturated rings. The Morgan fingerprint density at radius 2 is 1.89 bits per heavy atom. The van der Waals surface area contributed by atoms with Gasteiger partial charge in [0, 0.05) is 16.9 Å². The van der Waals surface area contributed by atoms with Crippen LogP contribution in [0, 0.1) is 18.3 Å². The number of benzene rings is 2. The summed E-state index contributed by atoms with van der Waals surface area (Å²) in [6.45, 7) is 1.88. The van der Waals surface area contributed by atoms with E-state index in [1.54, 1.807) is 36.4 Å². The van der Waals surface area contributed by atoms with Crippen molar-refractivity contribution in [1.82, 2.24) is 0 Å². The minimum absolute atomic E-state index is 0.214. The zero-order valence-electron chi connectivity index (χ0n) is 10.5. The van der Waals surface area contributed by atoms with Crippen molar-refractivity contribution in [3.8, 4) is 6.07 Å². The van der Waals surface area contributed by atoms with Crippen molar-refractivity contribution in [3.63, 3.8) is 0 Å². The summed E-state index contributed by atoms with van der Waals surface area (Å²) in [5.74, 6) is -0.214. The lowest BCUT2D eigenvalue weighted by molar-refractivity contribution is 0.102. The number of anilines is 2. The van der Waals surface area contributed by atoms with E-state index in [2.05, 4.69) is 5.32 Å². The highest BCUT2D eigenvalue weighted by atomic mass is 16.1. The lowest BCUT2D eigenvalue weighted by atomic mass is 10.1. The molecule has 2 aromatic carbocycles. The zero-order chi connectivity index (χ0) is 13.8. The third-order valence-electron chi connectivity index (χ3n) is 2.80. The van der Waals surface area contributed by atoms with Gasteiger partial charge in [-0.15, -0.1) is 0 Å². The van der Waals surface area contributed by atoms with Crippen molar-refractivity contribution in [2.45, 2.75) is 6.92 Å². The van der Waals surface area contributed by atoms with E-state index in [9.17, 15) is 4.79 Å². The summed E-state index contributed by atoms with van der Waals surface area (Å²) < 4.78 is 0. The van der Waals surface area contributed by atoms with E-state index in [1.165, 1.54) is 0 Å². The summed E-state index contributed by atoms with van der Waals surface area (Å²) in [5.41, 5.74) is 9.06. The number of nitriles is 1. The van der Waals surface area contributed by atoms with Gasteiger partial charge in [0.05, 0.1) is 11.6 Å². The van der Waals surface area contributed by atoms with Gasteiger partial charge in [-0.2, -0.15) is 5.26 Å². The number of carbonyl (C=O) groups is 1. The standard InChI is InChI=1S/C15H13N3O/c1-10-8-13(6-7-14(10)17)18-15(19)12-4-2-11(9-16)3-5-12/h2-8H,17H2,1H3,(H,18,19). The first-order chi connectivity index (χ1) is 9.10. The largest absolute Gasteiger partial charge is 0.399 e. The van der Waals surface area contributed by atoms with Crippen LogP contribution in [0.15, 0.2) is 42.5 Å². The van der Waals surface area contributed by atoms with Crippen molar-refractivity contribution in [2.75, 3.05) is 11.1 Å². The molecule has 0 atom stereocenters. The molecule has 2 aromatic rings. The van der Waals surface area contributed by atoms with Gasteiger partial charge in [-0.25, -0.2) is 0 Å². The van der Waals surface area contributed by atoms with Crippen molar-refractivity contribution in [1.29, 1.82) is 5.26 Å². The Kier molecular flexibility index (Phi) is 3.48. The lowest BCUT2D eigenvalue weighted by Crippen LogP contribution is -2.12. The smallest absolute Gasteiger partial charge is 0.255 e. The minimum Gasteiger partial charge on any atom is -0.399 e. The van der Waals surface area contributed by atoms with Crippen molar-refractivity contribution < 1.29 is 4.79 Å². The van der Waals surface area contributed by atoms with Crippen molar-refractivity contribution >= 4 is 17.3 Å². The molecule has 2 rings (SSSR count). The van der Waals surface area contributed by atoms with Gasteiger partial charge in [-0.05, 0) is 55.0 Å². The molecule has 0 saturated carbocycles. The molecule has 4 nitrogen and oxygen atoms in total. The monoisotopic (exact) mass is 251 g/mol. The molecule has 0 saturated heterocycles. The predicted molar refractivity (Wildman–Crippen MR) is 74.7 cm³/mol.